The van der Waals surface area contributed by atoms with E-state index in [2.05, 4.69) is 10.6 Å². The van der Waals surface area contributed by atoms with Gasteiger partial charge in [0.05, 0.1) is 11.1 Å². The second kappa shape index (κ2) is 8.99. The van der Waals surface area contributed by atoms with E-state index in [-0.39, 0.29) is 17.0 Å². The van der Waals surface area contributed by atoms with Crippen molar-refractivity contribution in [3.8, 4) is 0 Å². The van der Waals surface area contributed by atoms with Crippen LogP contribution in [0.3, 0.4) is 0 Å². The summed E-state index contributed by atoms with van der Waals surface area (Å²) in [4.78, 5) is 61.1. The second-order valence-electron chi connectivity index (χ2n) is 6.39. The van der Waals surface area contributed by atoms with Gasteiger partial charge in [-0.25, -0.2) is 0 Å². The van der Waals surface area contributed by atoms with E-state index in [9.17, 15) is 24.0 Å². The zero-order valence-electron chi connectivity index (χ0n) is 16.1. The quantitative estimate of drug-likeness (QED) is 0.524. The molecule has 0 saturated heterocycles. The van der Waals surface area contributed by atoms with Gasteiger partial charge in [0.2, 0.25) is 0 Å². The minimum atomic E-state index is -0.893. The zero-order chi connectivity index (χ0) is 21.7. The van der Waals surface area contributed by atoms with Crippen LogP contribution in [0.5, 0.6) is 0 Å². The molecule has 1 heterocycles. The van der Waals surface area contributed by atoms with Crippen LogP contribution in [0.2, 0.25) is 0 Å². The number of hydrogen-bond donors (Lipinski definition) is 2. The van der Waals surface area contributed by atoms with Crippen molar-refractivity contribution in [2.75, 3.05) is 25.0 Å². The Morgan fingerprint density at radius 2 is 1.63 bits per heavy atom. The van der Waals surface area contributed by atoms with Gasteiger partial charge in [0.25, 0.3) is 23.6 Å². The number of amides is 4. The van der Waals surface area contributed by atoms with Crippen LogP contribution >= 0.6 is 0 Å². The highest BCUT2D eigenvalue weighted by Gasteiger charge is 2.36. The number of imide groups is 1. The number of benzene rings is 2. The molecule has 30 heavy (non-hydrogen) atoms. The maximum Gasteiger partial charge on any atom is 0.326 e. The third-order valence-electron chi connectivity index (χ3n) is 4.28. The standard InChI is InChI=1S/C21H19N3O6/c1-2-22-19(27)13-6-5-7-14(10-13)23-17(25)12-30-18(26)11-24-20(28)15-8-3-4-9-16(15)21(24)29/h3-10H,2,11-12H2,1H3,(H,22,27)(H,23,25). The van der Waals surface area contributed by atoms with Gasteiger partial charge in [0.1, 0.15) is 6.54 Å². The van der Waals surface area contributed by atoms with E-state index >= 15 is 0 Å². The van der Waals surface area contributed by atoms with Crippen molar-refractivity contribution in [1.29, 1.82) is 0 Å². The predicted octanol–water partition coefficient (Wildman–Crippen LogP) is 1.21. The summed E-state index contributed by atoms with van der Waals surface area (Å²) in [7, 11) is 0. The summed E-state index contributed by atoms with van der Waals surface area (Å²) in [5.41, 5.74) is 1.18. The Morgan fingerprint density at radius 3 is 2.27 bits per heavy atom. The Morgan fingerprint density at radius 1 is 0.967 bits per heavy atom. The maximum absolute atomic E-state index is 12.2. The van der Waals surface area contributed by atoms with Gasteiger partial charge in [-0.2, -0.15) is 0 Å². The highest BCUT2D eigenvalue weighted by atomic mass is 16.5. The number of carbonyl (C=O) groups excluding carboxylic acids is 5. The number of nitrogens with zero attached hydrogens (tertiary/aromatic N) is 1. The highest BCUT2D eigenvalue weighted by molar-refractivity contribution is 6.22. The molecule has 1 aliphatic rings. The topological polar surface area (TPSA) is 122 Å². The molecule has 0 atom stereocenters. The first-order valence-electron chi connectivity index (χ1n) is 9.19. The number of carbonyl (C=O) groups is 5. The van der Waals surface area contributed by atoms with Crippen molar-refractivity contribution in [3.05, 3.63) is 65.2 Å². The van der Waals surface area contributed by atoms with Crippen LogP contribution in [0, 0.1) is 0 Å². The van der Waals surface area contributed by atoms with Crippen molar-refractivity contribution in [2.45, 2.75) is 6.92 Å². The fourth-order valence-corrected chi connectivity index (χ4v) is 2.90. The average molecular weight is 409 g/mol. The van der Waals surface area contributed by atoms with Gasteiger partial charge in [-0.05, 0) is 37.3 Å². The molecule has 2 aromatic carbocycles. The Labute approximate surface area is 172 Å². The molecule has 0 unspecified atom stereocenters. The molecule has 9 heteroatoms. The van der Waals surface area contributed by atoms with E-state index in [1.165, 1.54) is 18.2 Å². The van der Waals surface area contributed by atoms with Crippen molar-refractivity contribution in [2.24, 2.45) is 0 Å². The van der Waals surface area contributed by atoms with E-state index in [1.54, 1.807) is 37.3 Å². The number of ether oxygens (including phenoxy) is 1. The van der Waals surface area contributed by atoms with Crippen molar-refractivity contribution in [3.63, 3.8) is 0 Å². The Bertz CT molecular complexity index is 998. The summed E-state index contributed by atoms with van der Waals surface area (Å²) in [5.74, 6) is -2.96. The van der Waals surface area contributed by atoms with Gasteiger partial charge in [0.15, 0.2) is 6.61 Å². The van der Waals surface area contributed by atoms with E-state index in [4.69, 9.17) is 4.74 Å². The van der Waals surface area contributed by atoms with E-state index in [1.807, 2.05) is 0 Å². The van der Waals surface area contributed by atoms with Gasteiger partial charge in [-0.15, -0.1) is 0 Å². The van der Waals surface area contributed by atoms with E-state index in [0.717, 1.165) is 4.90 Å². The molecule has 9 nitrogen and oxygen atoms in total. The van der Waals surface area contributed by atoms with Gasteiger partial charge in [0, 0.05) is 17.8 Å². The third kappa shape index (κ3) is 4.52. The fraction of sp³-hybridized carbons (Fsp3) is 0.190. The Balaban J connectivity index is 1.52. The molecule has 1 aliphatic heterocycles. The maximum atomic E-state index is 12.2. The number of rotatable bonds is 7. The van der Waals surface area contributed by atoms with Crippen LogP contribution in [-0.2, 0) is 14.3 Å². The summed E-state index contributed by atoms with van der Waals surface area (Å²) in [6.45, 7) is 1.07. The van der Waals surface area contributed by atoms with Crippen molar-refractivity contribution in [1.82, 2.24) is 10.2 Å². The monoisotopic (exact) mass is 409 g/mol. The Hall–Kier alpha value is -4.01. The molecular formula is C21H19N3O6. The molecule has 0 aromatic heterocycles. The minimum Gasteiger partial charge on any atom is -0.454 e. The summed E-state index contributed by atoms with van der Waals surface area (Å²) in [5, 5.41) is 5.17. The molecule has 154 valence electrons. The number of hydrogen-bond acceptors (Lipinski definition) is 6. The molecule has 2 aromatic rings. The van der Waals surface area contributed by atoms with Gasteiger partial charge in [-0.1, -0.05) is 18.2 Å². The lowest BCUT2D eigenvalue weighted by Crippen LogP contribution is -2.36. The number of fused-ring (bicyclic) bond motifs is 1. The SMILES string of the molecule is CCNC(=O)c1cccc(NC(=O)COC(=O)CN2C(=O)c3ccccc3C2=O)c1. The van der Waals surface area contributed by atoms with E-state index < -0.39 is 36.8 Å². The summed E-state index contributed by atoms with van der Waals surface area (Å²) < 4.78 is 4.87. The highest BCUT2D eigenvalue weighted by Crippen LogP contribution is 2.22. The van der Waals surface area contributed by atoms with Crippen LogP contribution in [0.1, 0.15) is 38.0 Å². The first-order valence-corrected chi connectivity index (χ1v) is 9.19. The lowest BCUT2D eigenvalue weighted by Gasteiger charge is -2.13. The largest absolute Gasteiger partial charge is 0.454 e. The van der Waals surface area contributed by atoms with Crippen LogP contribution in [0.25, 0.3) is 0 Å². The van der Waals surface area contributed by atoms with Crippen LogP contribution in [0.4, 0.5) is 5.69 Å². The summed E-state index contributed by atoms with van der Waals surface area (Å²) in [6, 6.07) is 12.5. The van der Waals surface area contributed by atoms with Crippen LogP contribution in [-0.4, -0.2) is 54.2 Å². The molecule has 0 radical (unpaired) electrons. The summed E-state index contributed by atoms with van der Waals surface area (Å²) in [6.07, 6.45) is 0. The average Bonchev–Trinajstić information content (AvgIpc) is 2.98. The number of anilines is 1. The molecule has 0 bridgehead atoms. The van der Waals surface area contributed by atoms with Gasteiger partial charge < -0.3 is 15.4 Å². The fourth-order valence-electron chi connectivity index (χ4n) is 2.90. The van der Waals surface area contributed by atoms with Crippen LogP contribution < -0.4 is 10.6 Å². The molecule has 0 saturated carbocycles. The Kier molecular flexibility index (Phi) is 6.21. The minimum absolute atomic E-state index is 0.222. The third-order valence-corrected chi connectivity index (χ3v) is 4.28. The van der Waals surface area contributed by atoms with Crippen molar-refractivity contribution < 1.29 is 28.7 Å². The first kappa shape index (κ1) is 20.7. The predicted molar refractivity (Wildman–Crippen MR) is 106 cm³/mol. The van der Waals surface area contributed by atoms with Gasteiger partial charge >= 0.3 is 5.97 Å². The van der Waals surface area contributed by atoms with Crippen molar-refractivity contribution >= 4 is 35.3 Å². The zero-order valence-corrected chi connectivity index (χ0v) is 16.1. The molecule has 3 rings (SSSR count). The number of nitrogens with one attached hydrogen (secondary N) is 2. The molecule has 2 N–H and O–H groups in total. The number of esters is 1. The lowest BCUT2D eigenvalue weighted by atomic mass is 10.1. The molecule has 0 aliphatic carbocycles. The summed E-state index contributed by atoms with van der Waals surface area (Å²) >= 11 is 0. The molecule has 0 fully saturated rings. The van der Waals surface area contributed by atoms with Gasteiger partial charge in [-0.3, -0.25) is 28.9 Å². The second-order valence-corrected chi connectivity index (χ2v) is 6.39. The lowest BCUT2D eigenvalue weighted by molar-refractivity contribution is -0.147. The molecular weight excluding hydrogens is 390 g/mol. The molecule has 4 amide bonds. The smallest absolute Gasteiger partial charge is 0.326 e. The van der Waals surface area contributed by atoms with E-state index in [0.29, 0.717) is 17.8 Å². The normalized spacial score (nSPS) is 12.4. The molecule has 0 spiro atoms. The van der Waals surface area contributed by atoms with Crippen LogP contribution in [0.15, 0.2) is 48.5 Å². The first-order chi connectivity index (χ1) is 14.4.